The van der Waals surface area contributed by atoms with Crippen LogP contribution in [0.15, 0.2) is 0 Å². The van der Waals surface area contributed by atoms with Gasteiger partial charge < -0.3 is 15.7 Å². The van der Waals surface area contributed by atoms with Crippen LogP contribution < -0.4 is 10.6 Å². The maximum Gasteiger partial charge on any atom is 0.237 e. The molecular weight excluding hydrogens is 216 g/mol. The minimum atomic E-state index is -0.366. The van der Waals surface area contributed by atoms with Crippen LogP contribution in [0.4, 0.5) is 0 Å². The molecule has 0 aromatic heterocycles. The van der Waals surface area contributed by atoms with Crippen molar-refractivity contribution in [1.82, 2.24) is 10.6 Å². The number of aliphatic hydroxyl groups excluding tert-OH is 1. The fourth-order valence-electron chi connectivity index (χ4n) is 1.37. The minimum absolute atomic E-state index is 0.0134. The third-order valence-electron chi connectivity index (χ3n) is 3.02. The highest BCUT2D eigenvalue weighted by Gasteiger charge is 2.21. The van der Waals surface area contributed by atoms with Gasteiger partial charge in [0.15, 0.2) is 0 Å². The summed E-state index contributed by atoms with van der Waals surface area (Å²) in [4.78, 5) is 11.8. The van der Waals surface area contributed by atoms with Crippen molar-refractivity contribution in [2.75, 3.05) is 6.54 Å². The molecule has 0 rings (SSSR count). The van der Waals surface area contributed by atoms with E-state index in [9.17, 15) is 9.90 Å². The molecule has 0 bridgehead atoms. The maximum absolute atomic E-state index is 11.8. The third-order valence-corrected chi connectivity index (χ3v) is 3.02. The van der Waals surface area contributed by atoms with E-state index in [1.165, 1.54) is 0 Å². The lowest BCUT2D eigenvalue weighted by atomic mass is 10.0. The first-order valence-corrected chi connectivity index (χ1v) is 6.55. The molecule has 0 saturated carbocycles. The number of aliphatic hydroxyl groups is 1. The molecule has 0 fully saturated rings. The lowest BCUT2D eigenvalue weighted by Crippen LogP contribution is -2.51. The number of hydrogen-bond acceptors (Lipinski definition) is 3. The fraction of sp³-hybridized carbons (Fsp3) is 0.923. The Hall–Kier alpha value is -0.610. The predicted molar refractivity (Wildman–Crippen MR) is 70.9 cm³/mol. The maximum atomic E-state index is 11.8. The molecule has 17 heavy (non-hydrogen) atoms. The average Bonchev–Trinajstić information content (AvgIpc) is 2.25. The van der Waals surface area contributed by atoms with Crippen molar-refractivity contribution in [3.63, 3.8) is 0 Å². The number of amides is 1. The third kappa shape index (κ3) is 7.34. The summed E-state index contributed by atoms with van der Waals surface area (Å²) in [6, 6.07) is -0.271. The summed E-state index contributed by atoms with van der Waals surface area (Å²) in [6.07, 6.45) is 2.24. The Morgan fingerprint density at radius 2 is 1.94 bits per heavy atom. The molecule has 0 heterocycles. The second kappa shape index (κ2) is 7.67. The summed E-state index contributed by atoms with van der Waals surface area (Å²) < 4.78 is 0. The SMILES string of the molecule is CCCC(O)CNC(C)C(=O)NC(C)(C)CC. The van der Waals surface area contributed by atoms with Crippen LogP contribution in [0.5, 0.6) is 0 Å². The van der Waals surface area contributed by atoms with E-state index < -0.39 is 0 Å². The zero-order valence-corrected chi connectivity index (χ0v) is 11.8. The highest BCUT2D eigenvalue weighted by atomic mass is 16.3. The molecular formula is C13H28N2O2. The summed E-state index contributed by atoms with van der Waals surface area (Å²) in [5, 5.41) is 15.6. The number of carbonyl (C=O) groups excluding carboxylic acids is 1. The van der Waals surface area contributed by atoms with Gasteiger partial charge in [0.25, 0.3) is 0 Å². The molecule has 0 aliphatic rings. The summed E-state index contributed by atoms with van der Waals surface area (Å²) in [5.41, 5.74) is -0.172. The standard InChI is InChI=1S/C13H28N2O2/c1-6-8-11(16)9-14-10(3)12(17)15-13(4,5)7-2/h10-11,14,16H,6-9H2,1-5H3,(H,15,17). The Balaban J connectivity index is 3.98. The first-order valence-electron chi connectivity index (χ1n) is 6.55. The molecule has 3 N–H and O–H groups in total. The first-order chi connectivity index (χ1) is 7.82. The molecule has 0 aliphatic heterocycles. The molecule has 2 unspecified atom stereocenters. The van der Waals surface area contributed by atoms with Gasteiger partial charge in [-0.15, -0.1) is 0 Å². The van der Waals surface area contributed by atoms with Crippen LogP contribution in [0.1, 0.15) is 53.9 Å². The van der Waals surface area contributed by atoms with Crippen LogP contribution in [-0.4, -0.2) is 35.2 Å². The van der Waals surface area contributed by atoms with Gasteiger partial charge in [0, 0.05) is 12.1 Å². The zero-order valence-electron chi connectivity index (χ0n) is 11.8. The van der Waals surface area contributed by atoms with E-state index in [1.807, 2.05) is 34.6 Å². The molecule has 0 spiro atoms. The number of rotatable bonds is 8. The van der Waals surface area contributed by atoms with Crippen molar-refractivity contribution < 1.29 is 9.90 Å². The van der Waals surface area contributed by atoms with Crippen LogP contribution in [0.25, 0.3) is 0 Å². The van der Waals surface area contributed by atoms with Crippen molar-refractivity contribution in [2.45, 2.75) is 71.6 Å². The number of carbonyl (C=O) groups is 1. The predicted octanol–water partition coefficient (Wildman–Crippen LogP) is 1.43. The fourth-order valence-corrected chi connectivity index (χ4v) is 1.37. The first kappa shape index (κ1) is 16.4. The van der Waals surface area contributed by atoms with Crippen molar-refractivity contribution in [2.24, 2.45) is 0 Å². The smallest absolute Gasteiger partial charge is 0.237 e. The number of nitrogens with one attached hydrogen (secondary N) is 2. The Kier molecular flexibility index (Phi) is 7.39. The van der Waals surface area contributed by atoms with Gasteiger partial charge in [-0.1, -0.05) is 20.3 Å². The van der Waals surface area contributed by atoms with E-state index in [-0.39, 0.29) is 23.6 Å². The highest BCUT2D eigenvalue weighted by Crippen LogP contribution is 2.07. The van der Waals surface area contributed by atoms with E-state index in [1.54, 1.807) is 0 Å². The van der Waals surface area contributed by atoms with Gasteiger partial charge in [-0.2, -0.15) is 0 Å². The Labute approximate surface area is 105 Å². The van der Waals surface area contributed by atoms with Crippen molar-refractivity contribution in [3.05, 3.63) is 0 Å². The van der Waals surface area contributed by atoms with Crippen LogP contribution in [0.3, 0.4) is 0 Å². The van der Waals surface area contributed by atoms with Gasteiger partial charge in [-0.05, 0) is 33.6 Å². The quantitative estimate of drug-likeness (QED) is 0.605. The molecule has 1 amide bonds. The van der Waals surface area contributed by atoms with Crippen molar-refractivity contribution >= 4 is 5.91 Å². The summed E-state index contributed by atoms with van der Waals surface area (Å²) in [5.74, 6) is -0.0134. The van der Waals surface area contributed by atoms with Crippen LogP contribution >= 0.6 is 0 Å². The van der Waals surface area contributed by atoms with Crippen molar-refractivity contribution in [1.29, 1.82) is 0 Å². The van der Waals surface area contributed by atoms with E-state index >= 15 is 0 Å². The zero-order chi connectivity index (χ0) is 13.5. The van der Waals surface area contributed by atoms with Crippen molar-refractivity contribution in [3.8, 4) is 0 Å². The van der Waals surface area contributed by atoms with Gasteiger partial charge in [0.05, 0.1) is 12.1 Å². The normalized spacial score (nSPS) is 15.4. The minimum Gasteiger partial charge on any atom is -0.392 e. The molecule has 0 aromatic rings. The lowest BCUT2D eigenvalue weighted by Gasteiger charge is -2.27. The molecule has 4 heteroatoms. The Morgan fingerprint density at radius 3 is 2.41 bits per heavy atom. The largest absolute Gasteiger partial charge is 0.392 e. The molecule has 4 nitrogen and oxygen atoms in total. The number of hydrogen-bond donors (Lipinski definition) is 3. The summed E-state index contributed by atoms with van der Waals surface area (Å²) in [6.45, 7) is 10.4. The monoisotopic (exact) mass is 244 g/mol. The van der Waals surface area contributed by atoms with Gasteiger partial charge in [-0.3, -0.25) is 4.79 Å². The van der Waals surface area contributed by atoms with E-state index in [0.29, 0.717) is 6.54 Å². The van der Waals surface area contributed by atoms with Gasteiger partial charge in [0.1, 0.15) is 0 Å². The summed E-state index contributed by atoms with van der Waals surface area (Å²) in [7, 11) is 0. The summed E-state index contributed by atoms with van der Waals surface area (Å²) >= 11 is 0. The Morgan fingerprint density at radius 1 is 1.35 bits per heavy atom. The molecule has 0 aromatic carbocycles. The van der Waals surface area contributed by atoms with E-state index in [2.05, 4.69) is 10.6 Å². The molecule has 0 radical (unpaired) electrons. The second-order valence-corrected chi connectivity index (χ2v) is 5.30. The van der Waals surface area contributed by atoms with Gasteiger partial charge in [0.2, 0.25) is 5.91 Å². The van der Waals surface area contributed by atoms with Crippen LogP contribution in [0, 0.1) is 0 Å². The molecule has 0 aliphatic carbocycles. The lowest BCUT2D eigenvalue weighted by molar-refractivity contribution is -0.124. The average molecular weight is 244 g/mol. The van der Waals surface area contributed by atoms with Crippen LogP contribution in [-0.2, 0) is 4.79 Å². The molecule has 2 atom stereocenters. The van der Waals surface area contributed by atoms with Crippen LogP contribution in [0.2, 0.25) is 0 Å². The van der Waals surface area contributed by atoms with Gasteiger partial charge >= 0.3 is 0 Å². The van der Waals surface area contributed by atoms with E-state index in [4.69, 9.17) is 0 Å². The van der Waals surface area contributed by atoms with Gasteiger partial charge in [-0.25, -0.2) is 0 Å². The molecule has 0 saturated heterocycles. The highest BCUT2D eigenvalue weighted by molar-refractivity contribution is 5.81. The topological polar surface area (TPSA) is 61.4 Å². The molecule has 102 valence electrons. The van der Waals surface area contributed by atoms with E-state index in [0.717, 1.165) is 19.3 Å². The Bertz CT molecular complexity index is 229. The second-order valence-electron chi connectivity index (χ2n) is 5.30.